The molecule has 2 aromatic carbocycles. The maximum Gasteiger partial charge on any atom is 0.444 e. The molecule has 0 aliphatic rings. The van der Waals surface area contributed by atoms with Crippen molar-refractivity contribution in [3.05, 3.63) is 72.1 Å². The molecule has 0 atom stereocenters. The second-order valence-electron chi connectivity index (χ2n) is 4.32. The summed E-state index contributed by atoms with van der Waals surface area (Å²) in [5.74, 6) is -2.64. The summed E-state index contributed by atoms with van der Waals surface area (Å²) < 4.78 is 76.9. The minimum atomic E-state index is -5.40. The van der Waals surface area contributed by atoms with Crippen LogP contribution in [0.2, 0.25) is 0 Å². The fourth-order valence-electron chi connectivity index (χ4n) is 1.84. The summed E-state index contributed by atoms with van der Waals surface area (Å²) in [6.45, 7) is 0. The van der Waals surface area contributed by atoms with Crippen LogP contribution in [0.3, 0.4) is 0 Å². The third kappa shape index (κ3) is 3.19. The van der Waals surface area contributed by atoms with Crippen molar-refractivity contribution in [1.82, 2.24) is 0 Å². The van der Waals surface area contributed by atoms with Crippen molar-refractivity contribution in [3.8, 4) is 0 Å². The summed E-state index contributed by atoms with van der Waals surface area (Å²) in [5.41, 5.74) is -0.360. The molecule has 0 radical (unpaired) electrons. The first-order valence-corrected chi connectivity index (χ1v) is 7.55. The Morgan fingerprint density at radius 2 is 1.27 bits per heavy atom. The van der Waals surface area contributed by atoms with E-state index >= 15 is 0 Å². The van der Waals surface area contributed by atoms with Crippen LogP contribution in [0.15, 0.2) is 71.4 Å². The van der Waals surface area contributed by atoms with Gasteiger partial charge in [-0.25, -0.2) is 12.8 Å². The molecule has 22 heavy (non-hydrogen) atoms. The van der Waals surface area contributed by atoms with Crippen molar-refractivity contribution in [3.63, 3.8) is 0 Å². The molecule has 0 fully saturated rings. The van der Waals surface area contributed by atoms with Gasteiger partial charge < -0.3 is 0 Å². The Balaban J connectivity index is 2.77. The fourth-order valence-corrected chi connectivity index (χ4v) is 3.38. The lowest BCUT2D eigenvalue weighted by atomic mass is 10.2. The number of hydrogen-bond donors (Lipinski definition) is 0. The predicted molar refractivity (Wildman–Crippen MR) is 74.2 cm³/mol. The van der Waals surface area contributed by atoms with Crippen LogP contribution >= 0.6 is 0 Å². The van der Waals surface area contributed by atoms with Gasteiger partial charge in [-0.05, 0) is 17.7 Å². The number of hydrogen-bond acceptors (Lipinski definition) is 2. The van der Waals surface area contributed by atoms with Gasteiger partial charge in [0.25, 0.3) is 0 Å². The first-order chi connectivity index (χ1) is 10.2. The zero-order valence-corrected chi connectivity index (χ0v) is 11.8. The monoisotopic (exact) mass is 330 g/mol. The zero-order chi connectivity index (χ0) is 16.4. The molecule has 0 saturated carbocycles. The minimum Gasteiger partial charge on any atom is -0.218 e. The summed E-state index contributed by atoms with van der Waals surface area (Å²) in [4.78, 5) is -1.79. The molecule has 0 heterocycles. The van der Waals surface area contributed by atoms with Crippen LogP contribution in [0.5, 0.6) is 0 Å². The van der Waals surface area contributed by atoms with E-state index in [2.05, 4.69) is 0 Å². The topological polar surface area (TPSA) is 34.1 Å². The van der Waals surface area contributed by atoms with Gasteiger partial charge in [-0.3, -0.25) is 0 Å². The van der Waals surface area contributed by atoms with Gasteiger partial charge in [0.2, 0.25) is 15.7 Å². The van der Waals surface area contributed by atoms with Gasteiger partial charge in [0.15, 0.2) is 0 Å². The van der Waals surface area contributed by atoms with Crippen LogP contribution in [0.25, 0.3) is 4.91 Å². The molecule has 0 aliphatic carbocycles. The highest BCUT2D eigenvalue weighted by Gasteiger charge is 2.42. The molecule has 0 aliphatic heterocycles. The number of alkyl halides is 3. The van der Waals surface area contributed by atoms with Crippen molar-refractivity contribution in [1.29, 1.82) is 0 Å². The van der Waals surface area contributed by atoms with Gasteiger partial charge >= 0.3 is 6.18 Å². The van der Waals surface area contributed by atoms with Crippen LogP contribution < -0.4 is 0 Å². The third-order valence-corrected chi connectivity index (χ3v) is 4.65. The number of allylic oxidation sites excluding steroid dienone is 1. The van der Waals surface area contributed by atoms with Gasteiger partial charge in [-0.1, -0.05) is 48.5 Å². The number of benzene rings is 2. The Morgan fingerprint density at radius 3 is 1.73 bits per heavy atom. The van der Waals surface area contributed by atoms with Gasteiger partial charge in [-0.2, -0.15) is 13.2 Å². The first-order valence-electron chi connectivity index (χ1n) is 6.07. The Hall–Kier alpha value is -2.15. The molecule has 7 heteroatoms. The van der Waals surface area contributed by atoms with Crippen molar-refractivity contribution in [2.75, 3.05) is 0 Å². The molecular formula is C15H10F4O2S. The van der Waals surface area contributed by atoms with Crippen LogP contribution in [0.4, 0.5) is 17.6 Å². The average Bonchev–Trinajstić information content (AvgIpc) is 2.48. The predicted octanol–water partition coefficient (Wildman–Crippen LogP) is 4.36. The minimum absolute atomic E-state index is 0.360. The van der Waals surface area contributed by atoms with Crippen LogP contribution in [-0.4, -0.2) is 14.6 Å². The molecule has 0 saturated heterocycles. The van der Waals surface area contributed by atoms with E-state index in [0.717, 1.165) is 24.3 Å². The van der Waals surface area contributed by atoms with Crippen molar-refractivity contribution >= 4 is 14.7 Å². The van der Waals surface area contributed by atoms with Crippen molar-refractivity contribution in [2.24, 2.45) is 0 Å². The largest absolute Gasteiger partial charge is 0.444 e. The quantitative estimate of drug-likeness (QED) is 0.784. The molecule has 0 aromatic heterocycles. The molecule has 0 spiro atoms. The summed E-state index contributed by atoms with van der Waals surface area (Å²) in [5, 5.41) is 0. The molecule has 0 N–H and O–H groups in total. The highest BCUT2D eigenvalue weighted by Crippen LogP contribution is 2.38. The maximum atomic E-state index is 13.8. The third-order valence-electron chi connectivity index (χ3n) is 2.81. The van der Waals surface area contributed by atoms with E-state index in [4.69, 9.17) is 0 Å². The molecule has 2 aromatic rings. The normalized spacial score (nSPS) is 13.6. The molecule has 2 nitrogen and oxygen atoms in total. The van der Waals surface area contributed by atoms with Gasteiger partial charge in [0.1, 0.15) is 4.91 Å². The fraction of sp³-hybridized carbons (Fsp3) is 0.0667. The maximum absolute atomic E-state index is 13.8. The van der Waals surface area contributed by atoms with Crippen LogP contribution in [-0.2, 0) is 9.84 Å². The zero-order valence-electron chi connectivity index (χ0n) is 11.0. The summed E-state index contributed by atoms with van der Waals surface area (Å²) in [6.07, 6.45) is -5.40. The SMILES string of the molecule is O=S(=O)(/C(=C(/F)C(F)(F)F)c1ccccc1)c1ccccc1. The van der Waals surface area contributed by atoms with E-state index in [-0.39, 0.29) is 5.56 Å². The van der Waals surface area contributed by atoms with Crippen molar-refractivity contribution < 1.29 is 26.0 Å². The van der Waals surface area contributed by atoms with Gasteiger partial charge in [0.05, 0.1) is 4.90 Å². The number of sulfone groups is 1. The summed E-state index contributed by atoms with van der Waals surface area (Å²) in [7, 11) is -4.65. The molecule has 0 unspecified atom stereocenters. The summed E-state index contributed by atoms with van der Waals surface area (Å²) in [6, 6.07) is 12.8. The lowest BCUT2D eigenvalue weighted by molar-refractivity contribution is -0.107. The van der Waals surface area contributed by atoms with E-state index < -0.39 is 31.6 Å². The highest BCUT2D eigenvalue weighted by atomic mass is 32.2. The van der Waals surface area contributed by atoms with E-state index in [1.54, 1.807) is 0 Å². The van der Waals surface area contributed by atoms with E-state index in [9.17, 15) is 26.0 Å². The van der Waals surface area contributed by atoms with Gasteiger partial charge in [-0.15, -0.1) is 0 Å². The molecule has 116 valence electrons. The second-order valence-corrected chi connectivity index (χ2v) is 6.21. The molecule has 2 rings (SSSR count). The Labute approximate surface area is 124 Å². The number of rotatable bonds is 3. The Kier molecular flexibility index (Phi) is 4.37. The van der Waals surface area contributed by atoms with Crippen LogP contribution in [0.1, 0.15) is 5.56 Å². The highest BCUT2D eigenvalue weighted by molar-refractivity contribution is 8.00. The molecule has 0 bridgehead atoms. The molecule has 0 amide bonds. The lowest BCUT2D eigenvalue weighted by Gasteiger charge is -2.13. The molecular weight excluding hydrogens is 320 g/mol. The van der Waals surface area contributed by atoms with Gasteiger partial charge in [0, 0.05) is 0 Å². The van der Waals surface area contributed by atoms with E-state index in [1.807, 2.05) is 0 Å². The smallest absolute Gasteiger partial charge is 0.218 e. The van der Waals surface area contributed by atoms with E-state index in [1.165, 1.54) is 36.4 Å². The summed E-state index contributed by atoms with van der Waals surface area (Å²) >= 11 is 0. The first kappa shape index (κ1) is 16.2. The standard InChI is InChI=1S/C15H10F4O2S/c16-14(15(17,18)19)13(11-7-3-1-4-8-11)22(20,21)12-9-5-2-6-10-12/h1-10H/b14-13+. The van der Waals surface area contributed by atoms with E-state index in [0.29, 0.717) is 0 Å². The Bertz CT molecular complexity index is 779. The van der Waals surface area contributed by atoms with Crippen molar-refractivity contribution in [2.45, 2.75) is 11.1 Å². The average molecular weight is 330 g/mol. The Morgan fingerprint density at radius 1 is 0.818 bits per heavy atom. The number of halogens is 4. The lowest BCUT2D eigenvalue weighted by Crippen LogP contribution is -2.15. The second kappa shape index (κ2) is 5.92. The van der Waals surface area contributed by atoms with Crippen LogP contribution in [0, 0.1) is 0 Å².